The molecule has 9 heteroatoms. The van der Waals surface area contributed by atoms with Crippen molar-refractivity contribution in [3.05, 3.63) is 71.4 Å². The second kappa shape index (κ2) is 9.87. The van der Waals surface area contributed by atoms with Crippen LogP contribution in [0.4, 0.5) is 5.95 Å². The molecule has 0 spiro atoms. The predicted octanol–water partition coefficient (Wildman–Crippen LogP) is 2.34. The summed E-state index contributed by atoms with van der Waals surface area (Å²) in [5.41, 5.74) is 4.60. The van der Waals surface area contributed by atoms with Crippen LogP contribution in [0.5, 0.6) is 17.4 Å². The number of hydrogen-bond donors (Lipinski definition) is 4. The van der Waals surface area contributed by atoms with Crippen LogP contribution < -0.4 is 15.5 Å². The number of anilines is 1. The first-order valence-corrected chi connectivity index (χ1v) is 9.10. The van der Waals surface area contributed by atoms with E-state index >= 15 is 0 Å². The lowest BCUT2D eigenvalue weighted by molar-refractivity contribution is -0.123. The Bertz CT molecular complexity index is 1040. The lowest BCUT2D eigenvalue weighted by atomic mass is 10.2. The zero-order valence-corrected chi connectivity index (χ0v) is 16.2. The number of nitrogens with one attached hydrogen (secondary N) is 2. The minimum absolute atomic E-state index is 0.234. The highest BCUT2D eigenvalue weighted by Gasteiger charge is 2.07. The molecular formula is C21H21N5O4. The number of phenolic OH excluding ortho intramolecular Hbond substituents is 2. The third kappa shape index (κ3) is 6.20. The molecule has 154 valence electrons. The van der Waals surface area contributed by atoms with Crippen molar-refractivity contribution in [2.45, 2.75) is 13.5 Å². The summed E-state index contributed by atoms with van der Waals surface area (Å²) in [6, 6.07) is 15.6. The van der Waals surface area contributed by atoms with Gasteiger partial charge in [0.1, 0.15) is 0 Å². The minimum atomic E-state index is -0.482. The molecular weight excluding hydrogens is 386 g/mol. The van der Waals surface area contributed by atoms with Gasteiger partial charge in [-0.1, -0.05) is 30.3 Å². The van der Waals surface area contributed by atoms with Gasteiger partial charge in [0.25, 0.3) is 5.91 Å². The normalized spacial score (nSPS) is 10.7. The monoisotopic (exact) mass is 407 g/mol. The summed E-state index contributed by atoms with van der Waals surface area (Å²) >= 11 is 0. The van der Waals surface area contributed by atoms with Crippen molar-refractivity contribution >= 4 is 18.1 Å². The fourth-order valence-corrected chi connectivity index (χ4v) is 2.44. The van der Waals surface area contributed by atoms with Crippen LogP contribution in [-0.2, 0) is 11.3 Å². The fraction of sp³-hybridized carbons (Fsp3) is 0.143. The molecule has 0 unspecified atom stereocenters. The SMILES string of the molecule is Cc1cc(OCC(=O)N/N=C/c2ccc(O)c(O)c2)nc(NCc2ccccc2)n1. The Morgan fingerprint density at radius 2 is 1.90 bits per heavy atom. The average molecular weight is 407 g/mol. The largest absolute Gasteiger partial charge is 0.504 e. The standard InChI is InChI=1S/C21H21N5O4/c1-14-9-20(25-21(24-14)22-11-15-5-3-2-4-6-15)30-13-19(29)26-23-12-16-7-8-17(27)18(28)10-16/h2-10,12,27-28H,11,13H2,1H3,(H,26,29)(H,22,24,25)/b23-12+. The van der Waals surface area contributed by atoms with E-state index in [1.807, 2.05) is 30.3 Å². The van der Waals surface area contributed by atoms with Crippen molar-refractivity contribution in [3.63, 3.8) is 0 Å². The van der Waals surface area contributed by atoms with E-state index in [1.54, 1.807) is 13.0 Å². The lowest BCUT2D eigenvalue weighted by Crippen LogP contribution is -2.25. The number of aryl methyl sites for hydroxylation is 1. The summed E-state index contributed by atoms with van der Waals surface area (Å²) in [6.45, 7) is 2.08. The summed E-state index contributed by atoms with van der Waals surface area (Å²) in [6.07, 6.45) is 1.33. The van der Waals surface area contributed by atoms with Gasteiger partial charge >= 0.3 is 0 Å². The highest BCUT2D eigenvalue weighted by molar-refractivity contribution is 5.83. The fourth-order valence-electron chi connectivity index (χ4n) is 2.44. The molecule has 0 radical (unpaired) electrons. The first kappa shape index (κ1) is 20.6. The lowest BCUT2D eigenvalue weighted by Gasteiger charge is -2.09. The van der Waals surface area contributed by atoms with E-state index in [0.29, 0.717) is 23.8 Å². The Hall–Kier alpha value is -4.14. The molecule has 0 aliphatic rings. The molecule has 4 N–H and O–H groups in total. The van der Waals surface area contributed by atoms with Gasteiger partial charge in [0.2, 0.25) is 11.8 Å². The van der Waals surface area contributed by atoms with Crippen molar-refractivity contribution in [1.82, 2.24) is 15.4 Å². The van der Waals surface area contributed by atoms with Crippen molar-refractivity contribution in [2.75, 3.05) is 11.9 Å². The van der Waals surface area contributed by atoms with Crippen LogP contribution >= 0.6 is 0 Å². The maximum absolute atomic E-state index is 11.9. The van der Waals surface area contributed by atoms with Gasteiger partial charge in [-0.2, -0.15) is 10.1 Å². The topological polar surface area (TPSA) is 129 Å². The van der Waals surface area contributed by atoms with Gasteiger partial charge in [-0.25, -0.2) is 10.4 Å². The Labute approximate surface area is 173 Å². The first-order chi connectivity index (χ1) is 14.5. The number of hydrazone groups is 1. The van der Waals surface area contributed by atoms with E-state index in [-0.39, 0.29) is 24.0 Å². The number of hydrogen-bond acceptors (Lipinski definition) is 8. The number of phenols is 2. The van der Waals surface area contributed by atoms with E-state index in [0.717, 1.165) is 5.56 Å². The van der Waals surface area contributed by atoms with Gasteiger partial charge in [-0.15, -0.1) is 0 Å². The number of aromatic hydroxyl groups is 2. The molecule has 0 aliphatic carbocycles. The maximum atomic E-state index is 11.9. The number of ether oxygens (including phenoxy) is 1. The van der Waals surface area contributed by atoms with Gasteiger partial charge < -0.3 is 20.3 Å². The molecule has 1 heterocycles. The number of aromatic nitrogens is 2. The number of carbonyl (C=O) groups excluding carboxylic acids is 1. The maximum Gasteiger partial charge on any atom is 0.278 e. The van der Waals surface area contributed by atoms with Crippen LogP contribution in [0.15, 0.2) is 59.7 Å². The first-order valence-electron chi connectivity index (χ1n) is 9.10. The Balaban J connectivity index is 1.50. The summed E-state index contributed by atoms with van der Waals surface area (Å²) in [5.74, 6) is -0.323. The Morgan fingerprint density at radius 1 is 1.10 bits per heavy atom. The molecule has 1 aromatic heterocycles. The molecule has 0 saturated carbocycles. The van der Waals surface area contributed by atoms with Crippen LogP contribution in [0.1, 0.15) is 16.8 Å². The third-order valence-corrected chi connectivity index (χ3v) is 3.88. The van der Waals surface area contributed by atoms with Crippen LogP contribution in [0, 0.1) is 6.92 Å². The number of benzene rings is 2. The van der Waals surface area contributed by atoms with Crippen molar-refractivity contribution < 1.29 is 19.7 Å². The van der Waals surface area contributed by atoms with Crippen LogP contribution in [0.2, 0.25) is 0 Å². The number of carbonyl (C=O) groups is 1. The number of rotatable bonds is 8. The van der Waals surface area contributed by atoms with Gasteiger partial charge in [0.05, 0.1) is 6.21 Å². The van der Waals surface area contributed by atoms with E-state index in [9.17, 15) is 15.0 Å². The van der Waals surface area contributed by atoms with Gasteiger partial charge in [-0.3, -0.25) is 4.79 Å². The molecule has 3 aromatic rings. The van der Waals surface area contributed by atoms with Gasteiger partial charge in [0, 0.05) is 18.3 Å². The molecule has 3 rings (SSSR count). The van der Waals surface area contributed by atoms with Crippen molar-refractivity contribution in [2.24, 2.45) is 5.10 Å². The molecule has 2 aromatic carbocycles. The molecule has 1 amide bonds. The summed E-state index contributed by atoms with van der Waals surface area (Å²) in [5, 5.41) is 25.6. The highest BCUT2D eigenvalue weighted by atomic mass is 16.5. The van der Waals surface area contributed by atoms with Gasteiger partial charge in [0.15, 0.2) is 18.1 Å². The van der Waals surface area contributed by atoms with E-state index in [1.165, 1.54) is 24.4 Å². The molecule has 0 atom stereocenters. The zero-order valence-electron chi connectivity index (χ0n) is 16.2. The average Bonchev–Trinajstić information content (AvgIpc) is 2.74. The minimum Gasteiger partial charge on any atom is -0.504 e. The van der Waals surface area contributed by atoms with Crippen molar-refractivity contribution in [3.8, 4) is 17.4 Å². The molecule has 0 aliphatic heterocycles. The smallest absolute Gasteiger partial charge is 0.278 e. The second-order valence-electron chi connectivity index (χ2n) is 6.34. The quantitative estimate of drug-likeness (QED) is 0.256. The zero-order chi connectivity index (χ0) is 21.3. The molecule has 0 bridgehead atoms. The Morgan fingerprint density at radius 3 is 2.67 bits per heavy atom. The van der Waals surface area contributed by atoms with E-state index < -0.39 is 5.91 Å². The number of amides is 1. The molecule has 30 heavy (non-hydrogen) atoms. The summed E-state index contributed by atoms with van der Waals surface area (Å²) in [7, 11) is 0. The van der Waals surface area contributed by atoms with E-state index in [4.69, 9.17) is 4.74 Å². The Kier molecular flexibility index (Phi) is 6.78. The van der Waals surface area contributed by atoms with Crippen LogP contribution in [0.3, 0.4) is 0 Å². The molecule has 0 saturated heterocycles. The number of nitrogens with zero attached hydrogens (tertiary/aromatic N) is 3. The third-order valence-electron chi connectivity index (χ3n) is 3.88. The summed E-state index contributed by atoms with van der Waals surface area (Å²) < 4.78 is 5.43. The van der Waals surface area contributed by atoms with Crippen LogP contribution in [-0.4, -0.2) is 38.9 Å². The molecule has 9 nitrogen and oxygen atoms in total. The highest BCUT2D eigenvalue weighted by Crippen LogP contribution is 2.23. The molecule has 0 fully saturated rings. The van der Waals surface area contributed by atoms with Gasteiger partial charge in [-0.05, 0) is 36.2 Å². The van der Waals surface area contributed by atoms with E-state index in [2.05, 4.69) is 25.8 Å². The predicted molar refractivity (Wildman–Crippen MR) is 112 cm³/mol. The van der Waals surface area contributed by atoms with Crippen LogP contribution in [0.25, 0.3) is 0 Å². The van der Waals surface area contributed by atoms with Crippen molar-refractivity contribution in [1.29, 1.82) is 0 Å². The second-order valence-corrected chi connectivity index (χ2v) is 6.34. The summed E-state index contributed by atoms with van der Waals surface area (Å²) in [4.78, 5) is 20.5.